The van der Waals surface area contributed by atoms with Crippen LogP contribution in [0.4, 0.5) is 5.82 Å². The molecule has 0 saturated heterocycles. The molecule has 1 aliphatic rings. The van der Waals surface area contributed by atoms with Crippen molar-refractivity contribution in [2.24, 2.45) is 10.8 Å². The zero-order chi connectivity index (χ0) is 12.8. The highest BCUT2D eigenvalue weighted by Gasteiger charge is 2.65. The average molecular weight is 237 g/mol. The SMILES string of the molecule is COc1c(NC2C(C)(C)C2(C)C)nc[nH]c1=O. The van der Waals surface area contributed by atoms with Crippen molar-refractivity contribution in [2.45, 2.75) is 33.7 Å². The van der Waals surface area contributed by atoms with Gasteiger partial charge in [-0.2, -0.15) is 0 Å². The molecule has 0 unspecified atom stereocenters. The smallest absolute Gasteiger partial charge is 0.295 e. The number of rotatable bonds is 3. The van der Waals surface area contributed by atoms with Gasteiger partial charge in [0.15, 0.2) is 5.82 Å². The zero-order valence-corrected chi connectivity index (χ0v) is 10.9. The van der Waals surface area contributed by atoms with E-state index in [2.05, 4.69) is 43.0 Å². The molecule has 2 rings (SSSR count). The Morgan fingerprint density at radius 2 is 1.94 bits per heavy atom. The number of anilines is 1. The molecule has 2 N–H and O–H groups in total. The minimum absolute atomic E-state index is 0.183. The lowest BCUT2D eigenvalue weighted by Gasteiger charge is -2.10. The highest BCUT2D eigenvalue weighted by molar-refractivity contribution is 5.51. The quantitative estimate of drug-likeness (QED) is 0.838. The Balaban J connectivity index is 2.28. The first-order chi connectivity index (χ1) is 7.82. The van der Waals surface area contributed by atoms with Gasteiger partial charge in [0, 0.05) is 6.04 Å². The Morgan fingerprint density at radius 3 is 2.41 bits per heavy atom. The van der Waals surface area contributed by atoms with Crippen molar-refractivity contribution in [3.05, 3.63) is 16.7 Å². The van der Waals surface area contributed by atoms with E-state index >= 15 is 0 Å². The van der Waals surface area contributed by atoms with Crippen molar-refractivity contribution < 1.29 is 4.74 Å². The van der Waals surface area contributed by atoms with Crippen molar-refractivity contribution >= 4 is 5.82 Å². The van der Waals surface area contributed by atoms with Gasteiger partial charge in [-0.25, -0.2) is 4.98 Å². The van der Waals surface area contributed by atoms with E-state index in [0.717, 1.165) is 0 Å². The summed E-state index contributed by atoms with van der Waals surface area (Å²) < 4.78 is 5.07. The summed E-state index contributed by atoms with van der Waals surface area (Å²) in [4.78, 5) is 18.2. The number of ether oxygens (including phenoxy) is 1. The molecule has 1 aliphatic carbocycles. The van der Waals surface area contributed by atoms with Crippen molar-refractivity contribution in [3.8, 4) is 5.75 Å². The van der Waals surface area contributed by atoms with Gasteiger partial charge in [0.05, 0.1) is 13.4 Å². The van der Waals surface area contributed by atoms with Gasteiger partial charge >= 0.3 is 0 Å². The third-order valence-electron chi connectivity index (χ3n) is 4.32. The summed E-state index contributed by atoms with van der Waals surface area (Å²) in [5, 5.41) is 3.30. The molecule has 94 valence electrons. The summed E-state index contributed by atoms with van der Waals surface area (Å²) in [5.41, 5.74) is 0.103. The summed E-state index contributed by atoms with van der Waals surface area (Å²) in [6.07, 6.45) is 1.38. The highest BCUT2D eigenvalue weighted by Crippen LogP contribution is 2.63. The second kappa shape index (κ2) is 3.48. The number of hydrogen-bond acceptors (Lipinski definition) is 4. The fourth-order valence-electron chi connectivity index (χ4n) is 2.37. The van der Waals surface area contributed by atoms with E-state index in [1.165, 1.54) is 13.4 Å². The number of aromatic nitrogens is 2. The molecule has 5 nitrogen and oxygen atoms in total. The lowest BCUT2D eigenvalue weighted by molar-refractivity contribution is 0.407. The minimum atomic E-state index is -0.263. The van der Waals surface area contributed by atoms with Crippen molar-refractivity contribution in [1.29, 1.82) is 0 Å². The molecule has 5 heteroatoms. The van der Waals surface area contributed by atoms with Gasteiger partial charge in [0.1, 0.15) is 0 Å². The first kappa shape index (κ1) is 12.0. The Hall–Kier alpha value is -1.52. The van der Waals surface area contributed by atoms with E-state index in [0.29, 0.717) is 5.82 Å². The average Bonchev–Trinajstić information content (AvgIpc) is 2.61. The van der Waals surface area contributed by atoms with Gasteiger partial charge in [0.2, 0.25) is 5.75 Å². The summed E-state index contributed by atoms with van der Waals surface area (Å²) in [6.45, 7) is 8.79. The van der Waals surface area contributed by atoms with Crippen LogP contribution in [0.25, 0.3) is 0 Å². The van der Waals surface area contributed by atoms with Crippen molar-refractivity contribution in [3.63, 3.8) is 0 Å². The molecule has 0 bridgehead atoms. The second-order valence-corrected chi connectivity index (χ2v) is 5.63. The third-order valence-corrected chi connectivity index (χ3v) is 4.32. The van der Waals surface area contributed by atoms with Crippen LogP contribution in [-0.4, -0.2) is 23.1 Å². The van der Waals surface area contributed by atoms with Gasteiger partial charge in [-0.3, -0.25) is 4.79 Å². The van der Waals surface area contributed by atoms with Crippen LogP contribution in [0.15, 0.2) is 11.1 Å². The monoisotopic (exact) mass is 237 g/mol. The molecule has 1 saturated carbocycles. The Kier molecular flexibility index (Phi) is 2.45. The summed E-state index contributed by atoms with van der Waals surface area (Å²) in [6, 6.07) is 0.290. The van der Waals surface area contributed by atoms with Gasteiger partial charge in [-0.15, -0.1) is 0 Å². The fraction of sp³-hybridized carbons (Fsp3) is 0.667. The van der Waals surface area contributed by atoms with E-state index in [-0.39, 0.29) is 28.2 Å². The van der Waals surface area contributed by atoms with E-state index in [1.807, 2.05) is 0 Å². The fourth-order valence-corrected chi connectivity index (χ4v) is 2.37. The van der Waals surface area contributed by atoms with E-state index in [4.69, 9.17) is 4.74 Å². The number of nitrogens with one attached hydrogen (secondary N) is 2. The highest BCUT2D eigenvalue weighted by atomic mass is 16.5. The van der Waals surface area contributed by atoms with Gasteiger partial charge < -0.3 is 15.0 Å². The first-order valence-corrected chi connectivity index (χ1v) is 5.70. The molecule has 1 aromatic rings. The van der Waals surface area contributed by atoms with Crippen LogP contribution < -0.4 is 15.6 Å². The number of hydrogen-bond donors (Lipinski definition) is 2. The van der Waals surface area contributed by atoms with Crippen molar-refractivity contribution in [2.75, 3.05) is 12.4 Å². The standard InChI is InChI=1S/C12H19N3O2/c1-11(2)10(12(11,3)4)15-8-7(17-5)9(16)14-6-13-8/h6,10H,1-5H3,(H2,13,14,15,16). The normalized spacial score (nSPS) is 21.0. The largest absolute Gasteiger partial charge is 0.489 e. The molecular formula is C12H19N3O2. The van der Waals surface area contributed by atoms with Crippen LogP contribution in [0.3, 0.4) is 0 Å². The van der Waals surface area contributed by atoms with Gasteiger partial charge in [-0.05, 0) is 10.8 Å². The zero-order valence-electron chi connectivity index (χ0n) is 10.9. The molecule has 0 aliphatic heterocycles. The van der Waals surface area contributed by atoms with Gasteiger partial charge in [-0.1, -0.05) is 27.7 Å². The van der Waals surface area contributed by atoms with Crippen molar-refractivity contribution in [1.82, 2.24) is 9.97 Å². The summed E-state index contributed by atoms with van der Waals surface area (Å²) >= 11 is 0. The predicted molar refractivity (Wildman–Crippen MR) is 66.4 cm³/mol. The maximum atomic E-state index is 11.5. The molecule has 0 radical (unpaired) electrons. The Labute approximate surface area is 101 Å². The molecular weight excluding hydrogens is 218 g/mol. The summed E-state index contributed by atoms with van der Waals surface area (Å²) in [5.74, 6) is 0.755. The molecule has 17 heavy (non-hydrogen) atoms. The van der Waals surface area contributed by atoms with Gasteiger partial charge in [0.25, 0.3) is 5.56 Å². The number of aromatic amines is 1. The van der Waals surface area contributed by atoms with E-state index in [9.17, 15) is 4.79 Å². The lowest BCUT2D eigenvalue weighted by atomic mass is 10.0. The van der Waals surface area contributed by atoms with Crippen LogP contribution >= 0.6 is 0 Å². The topological polar surface area (TPSA) is 67.0 Å². The van der Waals surface area contributed by atoms with E-state index < -0.39 is 0 Å². The molecule has 0 aromatic carbocycles. The first-order valence-electron chi connectivity index (χ1n) is 5.70. The number of nitrogens with zero attached hydrogens (tertiary/aromatic N) is 1. The second-order valence-electron chi connectivity index (χ2n) is 5.63. The minimum Gasteiger partial charge on any atom is -0.489 e. The predicted octanol–water partition coefficient (Wildman–Crippen LogP) is 1.62. The van der Waals surface area contributed by atoms with Crippen LogP contribution in [-0.2, 0) is 0 Å². The maximum absolute atomic E-state index is 11.5. The molecule has 0 atom stereocenters. The third kappa shape index (κ3) is 1.61. The molecule has 1 aromatic heterocycles. The van der Waals surface area contributed by atoms with Crippen LogP contribution in [0.5, 0.6) is 5.75 Å². The number of methoxy groups -OCH3 is 1. The molecule has 1 heterocycles. The molecule has 0 amide bonds. The van der Waals surface area contributed by atoms with Crippen LogP contribution in [0, 0.1) is 10.8 Å². The molecule has 0 spiro atoms. The maximum Gasteiger partial charge on any atom is 0.295 e. The molecule has 1 fully saturated rings. The van der Waals surface area contributed by atoms with Crippen LogP contribution in [0.1, 0.15) is 27.7 Å². The van der Waals surface area contributed by atoms with E-state index in [1.54, 1.807) is 0 Å². The summed E-state index contributed by atoms with van der Waals surface area (Å²) in [7, 11) is 1.47. The Morgan fingerprint density at radius 1 is 1.35 bits per heavy atom. The Bertz CT molecular complexity index is 477. The lowest BCUT2D eigenvalue weighted by Crippen LogP contribution is -2.17. The number of H-pyrrole nitrogens is 1. The van der Waals surface area contributed by atoms with Crippen LogP contribution in [0.2, 0.25) is 0 Å².